The van der Waals surface area contributed by atoms with E-state index < -0.39 is 0 Å². The van der Waals surface area contributed by atoms with Gasteiger partial charge < -0.3 is 15.0 Å². The van der Waals surface area contributed by atoms with E-state index in [1.54, 1.807) is 7.11 Å². The van der Waals surface area contributed by atoms with Crippen molar-refractivity contribution in [3.05, 3.63) is 102 Å². The maximum absolute atomic E-state index is 5.29. The molecule has 0 unspecified atom stereocenters. The van der Waals surface area contributed by atoms with Crippen molar-refractivity contribution < 1.29 is 4.74 Å². The standard InChI is InChI=1S/C31H39N3O/c1-25(2)17-22-34(29-13-11-28(12-14-29)32-23-26-7-5-4-6-8-26)30-18-20-33(21-19-30)24-27-9-15-31(35-3)16-10-27/h4-17,30,32H,18-24H2,1-3H3. The molecule has 1 saturated heterocycles. The number of nitrogens with zero attached hydrogens (tertiary/aromatic N) is 2. The van der Waals surface area contributed by atoms with Crippen LogP contribution in [0.2, 0.25) is 0 Å². The van der Waals surface area contributed by atoms with Gasteiger partial charge in [-0.15, -0.1) is 0 Å². The Morgan fingerprint density at radius 2 is 1.60 bits per heavy atom. The van der Waals surface area contributed by atoms with Crippen molar-refractivity contribution in [3.63, 3.8) is 0 Å². The second-order valence-electron chi connectivity index (χ2n) is 9.68. The lowest BCUT2D eigenvalue weighted by Crippen LogP contribution is -2.45. The average Bonchev–Trinajstić information content (AvgIpc) is 2.90. The number of hydrogen-bond acceptors (Lipinski definition) is 4. The molecule has 0 atom stereocenters. The van der Waals surface area contributed by atoms with Crippen LogP contribution in [-0.4, -0.2) is 37.7 Å². The van der Waals surface area contributed by atoms with E-state index in [9.17, 15) is 0 Å². The Morgan fingerprint density at radius 1 is 0.914 bits per heavy atom. The zero-order valence-corrected chi connectivity index (χ0v) is 21.4. The number of ether oxygens (including phenoxy) is 1. The van der Waals surface area contributed by atoms with Crippen molar-refractivity contribution in [3.8, 4) is 5.75 Å². The summed E-state index contributed by atoms with van der Waals surface area (Å²) in [5.41, 5.74) is 6.48. The molecule has 1 heterocycles. The normalized spacial score (nSPS) is 14.4. The molecule has 0 spiro atoms. The second kappa shape index (κ2) is 12.5. The largest absolute Gasteiger partial charge is 0.497 e. The maximum atomic E-state index is 5.29. The van der Waals surface area contributed by atoms with Gasteiger partial charge in [0.2, 0.25) is 0 Å². The van der Waals surface area contributed by atoms with E-state index in [1.807, 2.05) is 0 Å². The Balaban J connectivity index is 1.36. The van der Waals surface area contributed by atoms with Gasteiger partial charge in [-0.05, 0) is 74.2 Å². The number of methoxy groups -OCH3 is 1. The minimum absolute atomic E-state index is 0.556. The molecule has 0 amide bonds. The van der Waals surface area contributed by atoms with Crippen LogP contribution in [0.1, 0.15) is 37.8 Å². The lowest BCUT2D eigenvalue weighted by Gasteiger charge is -2.39. The van der Waals surface area contributed by atoms with Gasteiger partial charge in [0.15, 0.2) is 0 Å². The summed E-state index contributed by atoms with van der Waals surface area (Å²) in [5, 5.41) is 3.55. The van der Waals surface area contributed by atoms with E-state index in [2.05, 4.69) is 114 Å². The molecule has 0 aliphatic carbocycles. The van der Waals surface area contributed by atoms with Gasteiger partial charge in [0.1, 0.15) is 5.75 Å². The Labute approximate surface area is 211 Å². The molecular formula is C31H39N3O. The minimum Gasteiger partial charge on any atom is -0.497 e. The van der Waals surface area contributed by atoms with Crippen LogP contribution in [0.4, 0.5) is 11.4 Å². The highest BCUT2D eigenvalue weighted by Crippen LogP contribution is 2.26. The Hall–Kier alpha value is -3.24. The summed E-state index contributed by atoms with van der Waals surface area (Å²) >= 11 is 0. The molecule has 4 heteroatoms. The molecule has 4 nitrogen and oxygen atoms in total. The summed E-state index contributed by atoms with van der Waals surface area (Å²) in [6.45, 7) is 9.43. The fourth-order valence-corrected chi connectivity index (χ4v) is 4.70. The number of nitrogens with one attached hydrogen (secondary N) is 1. The Kier molecular flexibility index (Phi) is 8.85. The monoisotopic (exact) mass is 469 g/mol. The van der Waals surface area contributed by atoms with E-state index in [-0.39, 0.29) is 0 Å². The first-order valence-electron chi connectivity index (χ1n) is 12.7. The summed E-state index contributed by atoms with van der Waals surface area (Å²) in [6.07, 6.45) is 4.72. The smallest absolute Gasteiger partial charge is 0.118 e. The molecule has 1 aliphatic rings. The molecule has 184 valence electrons. The molecule has 1 N–H and O–H groups in total. The van der Waals surface area contributed by atoms with E-state index in [0.717, 1.165) is 44.2 Å². The van der Waals surface area contributed by atoms with Crippen molar-refractivity contribution in [2.45, 2.75) is 45.8 Å². The van der Waals surface area contributed by atoms with Crippen LogP contribution in [-0.2, 0) is 13.1 Å². The number of hydrogen-bond donors (Lipinski definition) is 1. The fourth-order valence-electron chi connectivity index (χ4n) is 4.70. The summed E-state index contributed by atoms with van der Waals surface area (Å²) in [7, 11) is 1.72. The van der Waals surface area contributed by atoms with E-state index in [0.29, 0.717) is 6.04 Å². The van der Waals surface area contributed by atoms with Gasteiger partial charge >= 0.3 is 0 Å². The Morgan fingerprint density at radius 3 is 2.23 bits per heavy atom. The molecule has 0 saturated carbocycles. The highest BCUT2D eigenvalue weighted by Gasteiger charge is 2.24. The van der Waals surface area contributed by atoms with Crippen LogP contribution in [0.25, 0.3) is 0 Å². The fraction of sp³-hybridized carbons (Fsp3) is 0.355. The first-order chi connectivity index (χ1) is 17.1. The number of allylic oxidation sites excluding steroid dienone is 1. The quantitative estimate of drug-likeness (QED) is 0.333. The number of benzene rings is 3. The summed E-state index contributed by atoms with van der Waals surface area (Å²) in [5.74, 6) is 0.920. The predicted molar refractivity (Wildman–Crippen MR) is 148 cm³/mol. The van der Waals surface area contributed by atoms with Gasteiger partial charge in [0.05, 0.1) is 7.11 Å². The Bertz CT molecular complexity index is 1050. The van der Waals surface area contributed by atoms with E-state index >= 15 is 0 Å². The number of rotatable bonds is 10. The molecule has 3 aromatic carbocycles. The molecule has 35 heavy (non-hydrogen) atoms. The van der Waals surface area contributed by atoms with Crippen molar-refractivity contribution in [1.82, 2.24) is 4.90 Å². The van der Waals surface area contributed by atoms with Crippen LogP contribution in [0.3, 0.4) is 0 Å². The van der Waals surface area contributed by atoms with Crippen molar-refractivity contribution in [2.75, 3.05) is 37.0 Å². The maximum Gasteiger partial charge on any atom is 0.118 e. The molecule has 0 radical (unpaired) electrons. The van der Waals surface area contributed by atoms with Gasteiger partial charge in [-0.25, -0.2) is 0 Å². The third-order valence-corrected chi connectivity index (χ3v) is 6.80. The minimum atomic E-state index is 0.556. The molecule has 0 bridgehead atoms. The number of likely N-dealkylation sites (tertiary alicyclic amines) is 1. The molecule has 4 rings (SSSR count). The van der Waals surface area contributed by atoms with Crippen molar-refractivity contribution in [1.29, 1.82) is 0 Å². The van der Waals surface area contributed by atoms with E-state index in [4.69, 9.17) is 4.74 Å². The average molecular weight is 470 g/mol. The third-order valence-electron chi connectivity index (χ3n) is 6.80. The summed E-state index contributed by atoms with van der Waals surface area (Å²) in [6, 6.07) is 28.6. The van der Waals surface area contributed by atoms with Gasteiger partial charge in [-0.2, -0.15) is 0 Å². The van der Waals surface area contributed by atoms with Crippen LogP contribution in [0, 0.1) is 0 Å². The molecule has 1 aliphatic heterocycles. The van der Waals surface area contributed by atoms with Gasteiger partial charge in [-0.3, -0.25) is 4.90 Å². The predicted octanol–water partition coefficient (Wildman–Crippen LogP) is 6.74. The zero-order chi connectivity index (χ0) is 24.5. The second-order valence-corrected chi connectivity index (χ2v) is 9.68. The van der Waals surface area contributed by atoms with Crippen molar-refractivity contribution in [2.24, 2.45) is 0 Å². The zero-order valence-electron chi connectivity index (χ0n) is 21.4. The molecule has 3 aromatic rings. The summed E-state index contributed by atoms with van der Waals surface area (Å²) in [4.78, 5) is 5.17. The number of anilines is 2. The summed E-state index contributed by atoms with van der Waals surface area (Å²) < 4.78 is 5.29. The van der Waals surface area contributed by atoms with Crippen molar-refractivity contribution >= 4 is 11.4 Å². The first kappa shape index (κ1) is 24.9. The molecular weight excluding hydrogens is 430 g/mol. The van der Waals surface area contributed by atoms with Gasteiger partial charge in [0, 0.05) is 50.1 Å². The highest BCUT2D eigenvalue weighted by molar-refractivity contribution is 5.56. The van der Waals surface area contributed by atoms with Gasteiger partial charge in [-0.1, -0.05) is 54.1 Å². The topological polar surface area (TPSA) is 27.7 Å². The molecule has 1 fully saturated rings. The first-order valence-corrected chi connectivity index (χ1v) is 12.7. The SMILES string of the molecule is COc1ccc(CN2CCC(N(CC=C(C)C)c3ccc(NCc4ccccc4)cc3)CC2)cc1. The lowest BCUT2D eigenvalue weighted by molar-refractivity contribution is 0.202. The van der Waals surface area contributed by atoms with Crippen LogP contribution >= 0.6 is 0 Å². The highest BCUT2D eigenvalue weighted by atomic mass is 16.5. The lowest BCUT2D eigenvalue weighted by atomic mass is 10.0. The van der Waals surface area contributed by atoms with Crippen LogP contribution < -0.4 is 15.0 Å². The molecule has 0 aromatic heterocycles. The van der Waals surface area contributed by atoms with Crippen LogP contribution in [0.5, 0.6) is 5.75 Å². The van der Waals surface area contributed by atoms with Gasteiger partial charge in [0.25, 0.3) is 0 Å². The third kappa shape index (κ3) is 7.37. The number of piperidine rings is 1. The van der Waals surface area contributed by atoms with E-state index in [1.165, 1.54) is 35.2 Å². The van der Waals surface area contributed by atoms with Crippen LogP contribution in [0.15, 0.2) is 90.5 Å².